The van der Waals surface area contributed by atoms with E-state index in [1.54, 1.807) is 18.2 Å². The maximum atomic E-state index is 12.6. The number of hydrogen-bond donors (Lipinski definition) is 5. The van der Waals surface area contributed by atoms with Gasteiger partial charge in [-0.3, -0.25) is 9.59 Å². The van der Waals surface area contributed by atoms with Gasteiger partial charge in [-0.05, 0) is 53.2 Å². The topological polar surface area (TPSA) is 154 Å². The van der Waals surface area contributed by atoms with Gasteiger partial charge in [0.05, 0.1) is 19.3 Å². The normalized spacial score (nSPS) is 16.2. The molecule has 2 heterocycles. The minimum atomic E-state index is -1.40. The summed E-state index contributed by atoms with van der Waals surface area (Å²) in [5.41, 5.74) is 2.89. The summed E-state index contributed by atoms with van der Waals surface area (Å²) in [5.74, 6) is -2.51. The third-order valence-electron chi connectivity index (χ3n) is 5.55. The van der Waals surface area contributed by atoms with E-state index in [0.29, 0.717) is 16.5 Å². The molecule has 0 saturated heterocycles. The van der Waals surface area contributed by atoms with Gasteiger partial charge in [0.1, 0.15) is 6.04 Å². The van der Waals surface area contributed by atoms with E-state index in [1.165, 1.54) is 25.1 Å². The van der Waals surface area contributed by atoms with Crippen molar-refractivity contribution in [2.75, 3.05) is 0 Å². The fourth-order valence-corrected chi connectivity index (χ4v) is 3.73. The minimum Gasteiger partial charge on any atom is -0.480 e. The molecule has 0 fully saturated rings. The average molecular weight is 438 g/mol. The SMILES string of the molecule is C[C@H](NC(=O)c1ccc2c(c1)B(O)OC2)[C@H](NC(=O)c1ccc2c(c1)COB2O)C(=O)O. The van der Waals surface area contributed by atoms with E-state index in [1.807, 2.05) is 0 Å². The van der Waals surface area contributed by atoms with Crippen molar-refractivity contribution in [2.24, 2.45) is 0 Å². The van der Waals surface area contributed by atoms with E-state index in [9.17, 15) is 29.5 Å². The van der Waals surface area contributed by atoms with Crippen LogP contribution in [-0.4, -0.2) is 59.3 Å². The monoisotopic (exact) mass is 438 g/mol. The summed E-state index contributed by atoms with van der Waals surface area (Å²) in [6.45, 7) is 1.86. The Kier molecular flexibility index (Phi) is 6.02. The quantitative estimate of drug-likeness (QED) is 0.329. The highest BCUT2D eigenvalue weighted by molar-refractivity contribution is 6.62. The van der Waals surface area contributed by atoms with Crippen LogP contribution in [0.25, 0.3) is 0 Å². The zero-order chi connectivity index (χ0) is 23.0. The second-order valence-electron chi connectivity index (χ2n) is 7.71. The third-order valence-corrected chi connectivity index (χ3v) is 5.55. The minimum absolute atomic E-state index is 0.146. The molecule has 2 aliphatic heterocycles. The van der Waals surface area contributed by atoms with Gasteiger partial charge in [0.25, 0.3) is 11.8 Å². The van der Waals surface area contributed by atoms with E-state index in [-0.39, 0.29) is 24.3 Å². The van der Waals surface area contributed by atoms with Gasteiger partial charge in [-0.15, -0.1) is 0 Å². The molecule has 12 heteroatoms. The summed E-state index contributed by atoms with van der Waals surface area (Å²) in [5, 5.41) is 34.1. The lowest BCUT2D eigenvalue weighted by Gasteiger charge is -2.23. The van der Waals surface area contributed by atoms with Crippen molar-refractivity contribution in [3.8, 4) is 0 Å². The van der Waals surface area contributed by atoms with E-state index < -0.39 is 44.1 Å². The summed E-state index contributed by atoms with van der Waals surface area (Å²) in [4.78, 5) is 37.0. The van der Waals surface area contributed by atoms with E-state index in [0.717, 1.165) is 5.56 Å². The van der Waals surface area contributed by atoms with Crippen molar-refractivity contribution in [1.82, 2.24) is 10.6 Å². The van der Waals surface area contributed by atoms with Gasteiger partial charge in [-0.1, -0.05) is 12.1 Å². The molecule has 0 aromatic heterocycles. The molecule has 10 nitrogen and oxygen atoms in total. The maximum absolute atomic E-state index is 12.6. The van der Waals surface area contributed by atoms with Crippen molar-refractivity contribution in [3.05, 3.63) is 58.7 Å². The third kappa shape index (κ3) is 4.26. The molecule has 2 aromatic carbocycles. The van der Waals surface area contributed by atoms with Crippen molar-refractivity contribution >= 4 is 42.9 Å². The first-order valence-electron chi connectivity index (χ1n) is 9.94. The molecule has 5 N–H and O–H groups in total. The Morgan fingerprint density at radius 1 is 0.875 bits per heavy atom. The first-order chi connectivity index (χ1) is 15.2. The number of aliphatic carboxylic acids is 1. The molecule has 2 aliphatic rings. The highest BCUT2D eigenvalue weighted by atomic mass is 16.5. The molecule has 32 heavy (non-hydrogen) atoms. The molecule has 0 bridgehead atoms. The fraction of sp³-hybridized carbons (Fsp3) is 0.250. The molecule has 2 aromatic rings. The van der Waals surface area contributed by atoms with Gasteiger partial charge in [-0.25, -0.2) is 4.79 Å². The van der Waals surface area contributed by atoms with Crippen molar-refractivity contribution in [1.29, 1.82) is 0 Å². The van der Waals surface area contributed by atoms with Crippen LogP contribution < -0.4 is 21.6 Å². The van der Waals surface area contributed by atoms with Crippen LogP contribution in [0.2, 0.25) is 0 Å². The number of carbonyl (C=O) groups excluding carboxylic acids is 2. The predicted molar refractivity (Wildman–Crippen MR) is 113 cm³/mol. The maximum Gasteiger partial charge on any atom is 0.491 e. The summed E-state index contributed by atoms with van der Waals surface area (Å²) < 4.78 is 10.2. The number of rotatable bonds is 6. The van der Waals surface area contributed by atoms with Crippen LogP contribution in [0.3, 0.4) is 0 Å². The highest BCUT2D eigenvalue weighted by Crippen LogP contribution is 2.14. The zero-order valence-corrected chi connectivity index (χ0v) is 17.1. The van der Waals surface area contributed by atoms with Crippen LogP contribution >= 0.6 is 0 Å². The van der Waals surface area contributed by atoms with Gasteiger partial charge in [0.15, 0.2) is 0 Å². The predicted octanol–water partition coefficient (Wildman–Crippen LogP) is -1.88. The van der Waals surface area contributed by atoms with Crippen molar-refractivity contribution in [3.63, 3.8) is 0 Å². The molecular formula is C20H20B2N2O8. The highest BCUT2D eigenvalue weighted by Gasteiger charge is 2.32. The number of carbonyl (C=O) groups is 3. The number of benzene rings is 2. The molecule has 4 rings (SSSR count). The van der Waals surface area contributed by atoms with Gasteiger partial charge in [-0.2, -0.15) is 0 Å². The van der Waals surface area contributed by atoms with Crippen LogP contribution in [-0.2, 0) is 27.3 Å². The molecule has 2 atom stereocenters. The van der Waals surface area contributed by atoms with Gasteiger partial charge in [0.2, 0.25) is 0 Å². The number of nitrogens with one attached hydrogen (secondary N) is 2. The molecule has 0 aliphatic carbocycles. The molecule has 0 unspecified atom stereocenters. The first-order valence-corrected chi connectivity index (χ1v) is 9.94. The average Bonchev–Trinajstić information content (AvgIpc) is 3.33. The lowest BCUT2D eigenvalue weighted by atomic mass is 9.78. The smallest absolute Gasteiger partial charge is 0.480 e. The van der Waals surface area contributed by atoms with Gasteiger partial charge >= 0.3 is 20.2 Å². The molecule has 2 amide bonds. The van der Waals surface area contributed by atoms with Crippen LogP contribution in [0.15, 0.2) is 36.4 Å². The largest absolute Gasteiger partial charge is 0.491 e. The molecule has 0 saturated carbocycles. The Labute approximate surface area is 183 Å². The van der Waals surface area contributed by atoms with Gasteiger partial charge in [0, 0.05) is 11.1 Å². The van der Waals surface area contributed by atoms with Crippen LogP contribution in [0, 0.1) is 0 Å². The lowest BCUT2D eigenvalue weighted by Crippen LogP contribution is -2.54. The molecule has 164 valence electrons. The van der Waals surface area contributed by atoms with E-state index in [2.05, 4.69) is 10.6 Å². The standard InChI is InChI=1S/C20H20B2N2O8/c1-10(23-18(25)12-2-3-13-8-31-22(30)16(13)7-12)17(20(27)28)24-19(26)11-4-5-15-14(6-11)9-32-21(15)29/h2-7,10,17,29-30H,8-9H2,1H3,(H,23,25)(H,24,26)(H,27,28)/t10-,17-/m0/s1. The Hall–Kier alpha value is -3.18. The Balaban J connectivity index is 1.44. The summed E-state index contributed by atoms with van der Waals surface area (Å²) in [6, 6.07) is 6.91. The Morgan fingerprint density at radius 2 is 1.47 bits per heavy atom. The number of hydrogen-bond acceptors (Lipinski definition) is 7. The van der Waals surface area contributed by atoms with Crippen LogP contribution in [0.4, 0.5) is 0 Å². The Bertz CT molecular complexity index is 1100. The second kappa shape index (κ2) is 8.75. The number of carboxylic acids is 1. The Morgan fingerprint density at radius 3 is 2.19 bits per heavy atom. The number of fused-ring (bicyclic) bond motifs is 2. The van der Waals surface area contributed by atoms with E-state index >= 15 is 0 Å². The van der Waals surface area contributed by atoms with Crippen molar-refractivity contribution < 1.29 is 38.8 Å². The lowest BCUT2D eigenvalue weighted by molar-refractivity contribution is -0.139. The van der Waals surface area contributed by atoms with Crippen LogP contribution in [0.5, 0.6) is 0 Å². The molecular weight excluding hydrogens is 418 g/mol. The second-order valence-corrected chi connectivity index (χ2v) is 7.71. The first kappa shape index (κ1) is 22.0. The molecule has 0 spiro atoms. The van der Waals surface area contributed by atoms with Crippen molar-refractivity contribution in [2.45, 2.75) is 32.2 Å². The summed E-state index contributed by atoms with van der Waals surface area (Å²) >= 11 is 0. The van der Waals surface area contributed by atoms with E-state index in [4.69, 9.17) is 9.31 Å². The number of carboxylic acid groups (broad SMARTS) is 1. The van der Waals surface area contributed by atoms with Gasteiger partial charge < -0.3 is 35.1 Å². The number of amides is 2. The van der Waals surface area contributed by atoms with Crippen LogP contribution in [0.1, 0.15) is 38.8 Å². The fourth-order valence-electron chi connectivity index (χ4n) is 3.73. The zero-order valence-electron chi connectivity index (χ0n) is 17.1. The molecule has 0 radical (unpaired) electrons. The summed E-state index contributed by atoms with van der Waals surface area (Å²) in [7, 11) is -2.16. The summed E-state index contributed by atoms with van der Waals surface area (Å²) in [6.07, 6.45) is 0.